The molecule has 0 aliphatic carbocycles. The quantitative estimate of drug-likeness (QED) is 0.796. The first-order valence-corrected chi connectivity index (χ1v) is 4.87. The summed E-state index contributed by atoms with van der Waals surface area (Å²) >= 11 is 0. The van der Waals surface area contributed by atoms with Crippen LogP contribution in [-0.4, -0.2) is 30.0 Å². The highest BCUT2D eigenvalue weighted by Gasteiger charge is 2.30. The smallest absolute Gasteiger partial charge is 0.397 e. The summed E-state index contributed by atoms with van der Waals surface area (Å²) in [5.41, 5.74) is 7.00. The zero-order chi connectivity index (χ0) is 12.6. The number of aromatic amines is 1. The van der Waals surface area contributed by atoms with E-state index in [2.05, 4.69) is 10.2 Å². The van der Waals surface area contributed by atoms with Gasteiger partial charge in [-0.1, -0.05) is 0 Å². The molecule has 0 spiro atoms. The van der Waals surface area contributed by atoms with E-state index in [-0.39, 0.29) is 0 Å². The molecule has 0 saturated heterocycles. The van der Waals surface area contributed by atoms with Crippen LogP contribution in [0.5, 0.6) is 0 Å². The lowest BCUT2D eigenvalue weighted by Crippen LogP contribution is -2.31. The molecule has 0 aliphatic rings. The van der Waals surface area contributed by atoms with Crippen LogP contribution in [0.15, 0.2) is 18.3 Å². The molecule has 0 bridgehead atoms. The number of nitrogens with two attached hydrogens (primary N) is 1. The van der Waals surface area contributed by atoms with E-state index < -0.39 is 12.7 Å². The number of nitrogens with one attached hydrogen (secondary N) is 1. The van der Waals surface area contributed by atoms with Crippen LogP contribution in [0.4, 0.5) is 24.5 Å². The number of nitrogens with zero attached hydrogens (tertiary/aromatic N) is 2. The van der Waals surface area contributed by atoms with Gasteiger partial charge in [-0.05, 0) is 12.1 Å². The van der Waals surface area contributed by atoms with Gasteiger partial charge in [-0.2, -0.15) is 18.3 Å². The monoisotopic (exact) mass is 244 g/mol. The van der Waals surface area contributed by atoms with Gasteiger partial charge >= 0.3 is 6.18 Å². The highest BCUT2D eigenvalue weighted by molar-refractivity contribution is 5.88. The third-order valence-electron chi connectivity index (χ3n) is 2.42. The molecule has 92 valence electrons. The van der Waals surface area contributed by atoms with Gasteiger partial charge < -0.3 is 10.6 Å². The lowest BCUT2D eigenvalue weighted by Gasteiger charge is -2.22. The second kappa shape index (κ2) is 3.83. The third-order valence-corrected chi connectivity index (χ3v) is 2.42. The van der Waals surface area contributed by atoms with Crippen molar-refractivity contribution in [3.05, 3.63) is 18.3 Å². The molecule has 0 atom stereocenters. The number of benzene rings is 1. The van der Waals surface area contributed by atoms with Crippen molar-refractivity contribution >= 4 is 22.3 Å². The van der Waals surface area contributed by atoms with Gasteiger partial charge in [-0.25, -0.2) is 0 Å². The number of alkyl halides is 3. The van der Waals surface area contributed by atoms with Crippen LogP contribution >= 0.6 is 0 Å². The molecule has 2 rings (SSSR count). The molecule has 1 heterocycles. The number of nitrogen functional groups attached to an aromatic ring is 1. The van der Waals surface area contributed by atoms with Crippen LogP contribution < -0.4 is 10.6 Å². The van der Waals surface area contributed by atoms with Gasteiger partial charge in [-0.15, -0.1) is 0 Å². The largest absolute Gasteiger partial charge is 0.405 e. The van der Waals surface area contributed by atoms with Gasteiger partial charge in [0, 0.05) is 12.4 Å². The predicted molar refractivity (Wildman–Crippen MR) is 59.8 cm³/mol. The highest BCUT2D eigenvalue weighted by Crippen LogP contribution is 2.29. The molecular formula is C10H11F3N4. The van der Waals surface area contributed by atoms with Gasteiger partial charge in [-0.3, -0.25) is 5.10 Å². The zero-order valence-electron chi connectivity index (χ0n) is 9.04. The summed E-state index contributed by atoms with van der Waals surface area (Å²) in [6.07, 6.45) is -2.69. The van der Waals surface area contributed by atoms with E-state index in [0.29, 0.717) is 16.9 Å². The minimum absolute atomic E-state index is 0.297. The number of H-pyrrole nitrogens is 1. The number of rotatable bonds is 2. The van der Waals surface area contributed by atoms with E-state index in [9.17, 15) is 13.2 Å². The van der Waals surface area contributed by atoms with Gasteiger partial charge in [0.2, 0.25) is 0 Å². The molecule has 17 heavy (non-hydrogen) atoms. The van der Waals surface area contributed by atoms with Crippen molar-refractivity contribution in [1.82, 2.24) is 10.2 Å². The third kappa shape index (κ3) is 2.43. The van der Waals surface area contributed by atoms with E-state index in [0.717, 1.165) is 10.3 Å². The standard InChI is InChI=1S/C10H11F3N4/c1-17(5-10(11,12)13)9-3-8-6(2-7(9)14)4-15-16-8/h2-4H,5,14H2,1H3,(H,15,16). The van der Waals surface area contributed by atoms with Crippen LogP contribution in [0.1, 0.15) is 0 Å². The molecule has 0 radical (unpaired) electrons. The van der Waals surface area contributed by atoms with Gasteiger partial charge in [0.1, 0.15) is 6.54 Å². The Morgan fingerprint density at radius 2 is 2.12 bits per heavy atom. The summed E-state index contributed by atoms with van der Waals surface area (Å²) in [5, 5.41) is 7.26. The number of fused-ring (bicyclic) bond motifs is 1. The second-order valence-electron chi connectivity index (χ2n) is 3.84. The van der Waals surface area contributed by atoms with Crippen molar-refractivity contribution in [2.45, 2.75) is 6.18 Å². The molecular weight excluding hydrogens is 233 g/mol. The summed E-state index contributed by atoms with van der Waals surface area (Å²) in [6, 6.07) is 3.16. The summed E-state index contributed by atoms with van der Waals surface area (Å²) in [6.45, 7) is -1.04. The average Bonchev–Trinajstić information content (AvgIpc) is 2.60. The van der Waals surface area contributed by atoms with E-state index in [1.54, 1.807) is 18.3 Å². The Kier molecular flexibility index (Phi) is 2.60. The minimum Gasteiger partial charge on any atom is -0.397 e. The Morgan fingerprint density at radius 1 is 1.41 bits per heavy atom. The lowest BCUT2D eigenvalue weighted by atomic mass is 10.2. The molecule has 0 fully saturated rings. The SMILES string of the molecule is CN(CC(F)(F)F)c1cc2[nH]ncc2cc1N. The Balaban J connectivity index is 2.37. The number of aromatic nitrogens is 2. The topological polar surface area (TPSA) is 57.9 Å². The van der Waals surface area contributed by atoms with Crippen LogP contribution in [-0.2, 0) is 0 Å². The second-order valence-corrected chi connectivity index (χ2v) is 3.84. The van der Waals surface area contributed by atoms with E-state index in [1.165, 1.54) is 7.05 Å². The predicted octanol–water partition coefficient (Wildman–Crippen LogP) is 2.14. The van der Waals surface area contributed by atoms with Gasteiger partial charge in [0.05, 0.1) is 23.1 Å². The summed E-state index contributed by atoms with van der Waals surface area (Å²) in [4.78, 5) is 1.07. The van der Waals surface area contributed by atoms with Crippen molar-refractivity contribution in [2.24, 2.45) is 0 Å². The van der Waals surface area contributed by atoms with Crippen LogP contribution in [0.2, 0.25) is 0 Å². The van der Waals surface area contributed by atoms with E-state index in [4.69, 9.17) is 5.73 Å². The first-order chi connectivity index (χ1) is 7.87. The van der Waals surface area contributed by atoms with Crippen LogP contribution in [0.3, 0.4) is 0 Å². The molecule has 4 nitrogen and oxygen atoms in total. The van der Waals surface area contributed by atoms with Crippen molar-refractivity contribution in [1.29, 1.82) is 0 Å². The fourth-order valence-electron chi connectivity index (χ4n) is 1.68. The van der Waals surface area contributed by atoms with Crippen LogP contribution in [0.25, 0.3) is 10.9 Å². The first kappa shape index (κ1) is 11.6. The molecule has 0 amide bonds. The maximum Gasteiger partial charge on any atom is 0.405 e. The fraction of sp³-hybridized carbons (Fsp3) is 0.300. The van der Waals surface area contributed by atoms with Gasteiger partial charge in [0.25, 0.3) is 0 Å². The van der Waals surface area contributed by atoms with E-state index >= 15 is 0 Å². The Hall–Kier alpha value is -1.92. The molecule has 7 heteroatoms. The first-order valence-electron chi connectivity index (χ1n) is 4.87. The average molecular weight is 244 g/mol. The van der Waals surface area contributed by atoms with Gasteiger partial charge in [0.15, 0.2) is 0 Å². The molecule has 0 saturated carbocycles. The summed E-state index contributed by atoms with van der Waals surface area (Å²) in [7, 11) is 1.35. The maximum atomic E-state index is 12.3. The van der Waals surface area contributed by atoms with Crippen molar-refractivity contribution in [3.8, 4) is 0 Å². The van der Waals surface area contributed by atoms with Crippen molar-refractivity contribution in [3.63, 3.8) is 0 Å². The minimum atomic E-state index is -4.26. The summed E-state index contributed by atoms with van der Waals surface area (Å²) in [5.74, 6) is 0. The Labute approximate surface area is 95.2 Å². The van der Waals surface area contributed by atoms with Crippen molar-refractivity contribution in [2.75, 3.05) is 24.2 Å². The molecule has 0 aliphatic heterocycles. The molecule has 2 aromatic rings. The maximum absolute atomic E-state index is 12.3. The fourth-order valence-corrected chi connectivity index (χ4v) is 1.68. The lowest BCUT2D eigenvalue weighted by molar-refractivity contribution is -0.119. The van der Waals surface area contributed by atoms with E-state index in [1.807, 2.05) is 0 Å². The molecule has 0 unspecified atom stereocenters. The normalized spacial score (nSPS) is 12.0. The van der Waals surface area contributed by atoms with Crippen LogP contribution in [0, 0.1) is 0 Å². The molecule has 3 N–H and O–H groups in total. The number of anilines is 2. The Bertz CT molecular complexity index is 532. The van der Waals surface area contributed by atoms with Crippen molar-refractivity contribution < 1.29 is 13.2 Å². The highest BCUT2D eigenvalue weighted by atomic mass is 19.4. The summed E-state index contributed by atoms with van der Waals surface area (Å²) < 4.78 is 36.8. The molecule has 1 aromatic heterocycles. The molecule has 1 aromatic carbocycles. The Morgan fingerprint density at radius 3 is 2.76 bits per heavy atom. The number of halogens is 3. The zero-order valence-corrected chi connectivity index (χ0v) is 9.04. The number of hydrogen-bond acceptors (Lipinski definition) is 3. The number of hydrogen-bond donors (Lipinski definition) is 2.